The zero-order valence-corrected chi connectivity index (χ0v) is 10.4. The fourth-order valence-electron chi connectivity index (χ4n) is 1.86. The number of amides is 1. The van der Waals surface area contributed by atoms with Crippen molar-refractivity contribution >= 4 is 11.7 Å². The first-order valence-corrected chi connectivity index (χ1v) is 5.91. The fraction of sp³-hybridized carbons (Fsp3) is 0.833. The summed E-state index contributed by atoms with van der Waals surface area (Å²) in [6.07, 6.45) is 3.61. The fourth-order valence-corrected chi connectivity index (χ4v) is 1.86. The molecular formula is C12H22N2O2. The average Bonchev–Trinajstić information content (AvgIpc) is 2.19. The van der Waals surface area contributed by atoms with Crippen molar-refractivity contribution in [2.45, 2.75) is 58.5 Å². The average molecular weight is 226 g/mol. The molecular weight excluding hydrogens is 204 g/mol. The van der Waals surface area contributed by atoms with Crippen molar-refractivity contribution in [2.24, 2.45) is 11.1 Å². The van der Waals surface area contributed by atoms with Gasteiger partial charge >= 0.3 is 0 Å². The minimum absolute atomic E-state index is 0.124. The van der Waals surface area contributed by atoms with E-state index in [2.05, 4.69) is 5.32 Å². The number of hydrogen-bond acceptors (Lipinski definition) is 3. The monoisotopic (exact) mass is 226 g/mol. The molecule has 1 fully saturated rings. The second kappa shape index (κ2) is 4.95. The van der Waals surface area contributed by atoms with Crippen molar-refractivity contribution in [3.8, 4) is 0 Å². The van der Waals surface area contributed by atoms with E-state index < -0.39 is 11.3 Å². The SMILES string of the molecule is CC(C)(C)C(=O)C(=O)NC1CCC(N)CC1. The van der Waals surface area contributed by atoms with Gasteiger partial charge in [-0.25, -0.2) is 0 Å². The van der Waals surface area contributed by atoms with Crippen molar-refractivity contribution in [3.63, 3.8) is 0 Å². The van der Waals surface area contributed by atoms with E-state index in [1.165, 1.54) is 0 Å². The highest BCUT2D eigenvalue weighted by Crippen LogP contribution is 2.18. The quantitative estimate of drug-likeness (QED) is 0.690. The summed E-state index contributed by atoms with van der Waals surface area (Å²) in [5, 5.41) is 2.80. The molecule has 0 aromatic carbocycles. The van der Waals surface area contributed by atoms with Gasteiger partial charge in [-0.3, -0.25) is 9.59 Å². The lowest BCUT2D eigenvalue weighted by molar-refractivity contribution is -0.143. The maximum Gasteiger partial charge on any atom is 0.288 e. The van der Waals surface area contributed by atoms with E-state index in [-0.39, 0.29) is 17.9 Å². The third-order valence-corrected chi connectivity index (χ3v) is 2.99. The Bertz CT molecular complexity index is 273. The normalized spacial score (nSPS) is 26.2. The molecule has 1 saturated carbocycles. The van der Waals surface area contributed by atoms with Gasteiger partial charge in [0.05, 0.1) is 0 Å². The van der Waals surface area contributed by atoms with Gasteiger partial charge in [-0.05, 0) is 25.7 Å². The first-order chi connectivity index (χ1) is 7.30. The Morgan fingerprint density at radius 2 is 1.62 bits per heavy atom. The number of carbonyl (C=O) groups is 2. The standard InChI is InChI=1S/C12H22N2O2/c1-12(2,3)10(15)11(16)14-9-6-4-8(13)5-7-9/h8-9H,4-7,13H2,1-3H3,(H,14,16). The van der Waals surface area contributed by atoms with Gasteiger partial charge in [0.2, 0.25) is 5.78 Å². The highest BCUT2D eigenvalue weighted by atomic mass is 16.2. The Labute approximate surface area is 97.0 Å². The Balaban J connectivity index is 2.43. The van der Waals surface area contributed by atoms with E-state index in [4.69, 9.17) is 5.73 Å². The Kier molecular flexibility index (Phi) is 4.08. The highest BCUT2D eigenvalue weighted by molar-refractivity contribution is 6.37. The third kappa shape index (κ3) is 3.59. The van der Waals surface area contributed by atoms with Crippen LogP contribution in [0.2, 0.25) is 0 Å². The molecule has 4 nitrogen and oxygen atoms in total. The summed E-state index contributed by atoms with van der Waals surface area (Å²) in [5.74, 6) is -0.796. The molecule has 0 radical (unpaired) electrons. The lowest BCUT2D eigenvalue weighted by Gasteiger charge is -2.27. The van der Waals surface area contributed by atoms with Crippen molar-refractivity contribution in [3.05, 3.63) is 0 Å². The summed E-state index contributed by atoms with van der Waals surface area (Å²) in [4.78, 5) is 23.3. The second-order valence-electron chi connectivity index (χ2n) is 5.66. The van der Waals surface area contributed by atoms with E-state index >= 15 is 0 Å². The van der Waals surface area contributed by atoms with Crippen LogP contribution < -0.4 is 11.1 Å². The van der Waals surface area contributed by atoms with E-state index in [1.807, 2.05) is 0 Å². The van der Waals surface area contributed by atoms with Crippen LogP contribution in [0.15, 0.2) is 0 Å². The van der Waals surface area contributed by atoms with Crippen LogP contribution in [0.25, 0.3) is 0 Å². The van der Waals surface area contributed by atoms with Crippen LogP contribution in [-0.4, -0.2) is 23.8 Å². The number of rotatable bonds is 2. The van der Waals surface area contributed by atoms with Gasteiger partial charge in [0.15, 0.2) is 0 Å². The molecule has 0 aliphatic heterocycles. The number of nitrogens with one attached hydrogen (secondary N) is 1. The molecule has 1 aliphatic carbocycles. The van der Waals surface area contributed by atoms with Crippen LogP contribution in [-0.2, 0) is 9.59 Å². The van der Waals surface area contributed by atoms with Crippen molar-refractivity contribution in [2.75, 3.05) is 0 Å². The first-order valence-electron chi connectivity index (χ1n) is 5.91. The third-order valence-electron chi connectivity index (χ3n) is 2.99. The molecule has 0 atom stereocenters. The molecule has 3 N–H and O–H groups in total. The van der Waals surface area contributed by atoms with E-state index in [9.17, 15) is 9.59 Å². The molecule has 0 aromatic rings. The predicted octanol–water partition coefficient (Wildman–Crippen LogP) is 0.988. The molecule has 0 bridgehead atoms. The largest absolute Gasteiger partial charge is 0.347 e. The predicted molar refractivity (Wildman–Crippen MR) is 62.8 cm³/mol. The Morgan fingerprint density at radius 1 is 1.12 bits per heavy atom. The van der Waals surface area contributed by atoms with Gasteiger partial charge in [-0.15, -0.1) is 0 Å². The lowest BCUT2D eigenvalue weighted by Crippen LogP contribution is -2.46. The van der Waals surface area contributed by atoms with Crippen LogP contribution in [0.1, 0.15) is 46.5 Å². The van der Waals surface area contributed by atoms with Gasteiger partial charge in [-0.2, -0.15) is 0 Å². The topological polar surface area (TPSA) is 72.2 Å². The van der Waals surface area contributed by atoms with Gasteiger partial charge < -0.3 is 11.1 Å². The molecule has 1 rings (SSSR count). The minimum atomic E-state index is -0.602. The zero-order chi connectivity index (χ0) is 12.3. The van der Waals surface area contributed by atoms with Crippen LogP contribution >= 0.6 is 0 Å². The molecule has 16 heavy (non-hydrogen) atoms. The molecule has 1 aliphatic rings. The summed E-state index contributed by atoms with van der Waals surface area (Å²) in [5.41, 5.74) is 5.18. The Hall–Kier alpha value is -0.900. The van der Waals surface area contributed by atoms with Crippen LogP contribution in [0, 0.1) is 5.41 Å². The van der Waals surface area contributed by atoms with Crippen molar-refractivity contribution in [1.82, 2.24) is 5.32 Å². The van der Waals surface area contributed by atoms with E-state index in [0.29, 0.717) is 0 Å². The van der Waals surface area contributed by atoms with Crippen LogP contribution in [0.3, 0.4) is 0 Å². The number of carbonyl (C=O) groups excluding carboxylic acids is 2. The van der Waals surface area contributed by atoms with E-state index in [1.54, 1.807) is 20.8 Å². The van der Waals surface area contributed by atoms with Gasteiger partial charge in [0, 0.05) is 17.5 Å². The van der Waals surface area contributed by atoms with Crippen LogP contribution in [0.4, 0.5) is 0 Å². The molecule has 0 aromatic heterocycles. The molecule has 4 heteroatoms. The second-order valence-corrected chi connectivity index (χ2v) is 5.66. The molecule has 0 saturated heterocycles. The number of hydrogen-bond donors (Lipinski definition) is 2. The highest BCUT2D eigenvalue weighted by Gasteiger charge is 2.30. The van der Waals surface area contributed by atoms with Crippen molar-refractivity contribution in [1.29, 1.82) is 0 Å². The van der Waals surface area contributed by atoms with Crippen molar-refractivity contribution < 1.29 is 9.59 Å². The summed E-state index contributed by atoms with van der Waals surface area (Å²) in [6.45, 7) is 5.27. The number of ketones is 1. The minimum Gasteiger partial charge on any atom is -0.347 e. The number of nitrogens with two attached hydrogens (primary N) is 1. The zero-order valence-electron chi connectivity index (χ0n) is 10.4. The molecule has 0 heterocycles. The maximum atomic E-state index is 11.7. The molecule has 0 unspecified atom stereocenters. The van der Waals surface area contributed by atoms with E-state index in [0.717, 1.165) is 25.7 Å². The molecule has 0 spiro atoms. The first kappa shape index (κ1) is 13.2. The maximum absolute atomic E-state index is 11.7. The summed E-state index contributed by atoms with van der Waals surface area (Å²) >= 11 is 0. The summed E-state index contributed by atoms with van der Waals surface area (Å²) in [6, 6.07) is 0.380. The summed E-state index contributed by atoms with van der Waals surface area (Å²) in [7, 11) is 0. The smallest absolute Gasteiger partial charge is 0.288 e. The Morgan fingerprint density at radius 3 is 2.06 bits per heavy atom. The van der Waals surface area contributed by atoms with Crippen LogP contribution in [0.5, 0.6) is 0 Å². The molecule has 1 amide bonds. The molecule has 92 valence electrons. The van der Waals surface area contributed by atoms with Gasteiger partial charge in [-0.1, -0.05) is 20.8 Å². The lowest BCUT2D eigenvalue weighted by atomic mass is 9.88. The van der Waals surface area contributed by atoms with Gasteiger partial charge in [0.25, 0.3) is 5.91 Å². The summed E-state index contributed by atoms with van der Waals surface area (Å²) < 4.78 is 0. The van der Waals surface area contributed by atoms with Gasteiger partial charge in [0.1, 0.15) is 0 Å². The number of Topliss-reactive ketones (excluding diaryl/α,β-unsaturated/α-hetero) is 1.